The normalized spacial score (nSPS) is 11.3. The number of phenols is 1. The largest absolute Gasteiger partial charge is 0.503 e. The summed E-state index contributed by atoms with van der Waals surface area (Å²) in [6, 6.07) is 12.8. The van der Waals surface area contributed by atoms with Gasteiger partial charge in [-0.05, 0) is 59.6 Å². The number of rotatable bonds is 5. The molecule has 7 heteroatoms. The fraction of sp³-hybridized carbons (Fsp3) is 0.200. The van der Waals surface area contributed by atoms with Gasteiger partial charge in [-0.3, -0.25) is 9.48 Å². The zero-order valence-electron chi connectivity index (χ0n) is 15.3. The highest BCUT2D eigenvalue weighted by Gasteiger charge is 2.15. The first-order chi connectivity index (χ1) is 12.9. The number of aromatic hydroxyl groups is 1. The van der Waals surface area contributed by atoms with Crippen LogP contribution in [0.5, 0.6) is 11.5 Å². The molecule has 140 valence electrons. The lowest BCUT2D eigenvalue weighted by Gasteiger charge is -2.08. The summed E-state index contributed by atoms with van der Waals surface area (Å²) in [5.74, 6) is 0.399. The number of para-hydroxylation sites is 1. The minimum absolute atomic E-state index is 0.0383. The number of hydrogen-bond donors (Lipinski definition) is 1. The van der Waals surface area contributed by atoms with Gasteiger partial charge in [0.1, 0.15) is 0 Å². The average molecular weight is 430 g/mol. The Bertz CT molecular complexity index is 1050. The second-order valence-corrected chi connectivity index (χ2v) is 6.81. The standard InChI is InChI=1S/C20H20BrN3O3/c1-4-27-17-11-14(10-16(21)19(17)25)12-22-18-13(2)23(3)24(20(18)26)15-8-6-5-7-9-15/h5-12,25H,4H2,1-3H3. The van der Waals surface area contributed by atoms with Crippen molar-refractivity contribution in [1.82, 2.24) is 9.36 Å². The van der Waals surface area contributed by atoms with Crippen molar-refractivity contribution in [1.29, 1.82) is 0 Å². The molecule has 3 aromatic rings. The molecule has 1 N–H and O–H groups in total. The van der Waals surface area contributed by atoms with Gasteiger partial charge in [0.05, 0.1) is 22.5 Å². The molecule has 0 atom stereocenters. The third kappa shape index (κ3) is 3.68. The van der Waals surface area contributed by atoms with E-state index >= 15 is 0 Å². The summed E-state index contributed by atoms with van der Waals surface area (Å²) in [6.07, 6.45) is 1.59. The predicted octanol–water partition coefficient (Wildman–Crippen LogP) is 4.10. The first kappa shape index (κ1) is 19.0. The minimum Gasteiger partial charge on any atom is -0.503 e. The Hall–Kier alpha value is -2.80. The van der Waals surface area contributed by atoms with Crippen LogP contribution in [0.25, 0.3) is 5.69 Å². The smallest absolute Gasteiger partial charge is 0.297 e. The van der Waals surface area contributed by atoms with Gasteiger partial charge in [0, 0.05) is 13.3 Å². The molecule has 0 bridgehead atoms. The quantitative estimate of drug-likeness (QED) is 0.620. The number of benzene rings is 2. The number of halogens is 1. The lowest BCUT2D eigenvalue weighted by Crippen LogP contribution is -2.19. The van der Waals surface area contributed by atoms with Crippen LogP contribution < -0.4 is 10.3 Å². The highest BCUT2D eigenvalue weighted by Crippen LogP contribution is 2.35. The van der Waals surface area contributed by atoms with Crippen LogP contribution in [0.3, 0.4) is 0 Å². The Kier molecular flexibility index (Phi) is 5.51. The summed E-state index contributed by atoms with van der Waals surface area (Å²) in [4.78, 5) is 17.3. The van der Waals surface area contributed by atoms with Crippen LogP contribution >= 0.6 is 15.9 Å². The van der Waals surface area contributed by atoms with E-state index < -0.39 is 0 Å². The van der Waals surface area contributed by atoms with Gasteiger partial charge in [-0.1, -0.05) is 18.2 Å². The van der Waals surface area contributed by atoms with E-state index in [0.29, 0.717) is 28.1 Å². The first-order valence-electron chi connectivity index (χ1n) is 8.47. The molecule has 2 aromatic carbocycles. The second-order valence-electron chi connectivity index (χ2n) is 5.95. The van der Waals surface area contributed by atoms with Gasteiger partial charge in [0.15, 0.2) is 17.2 Å². The summed E-state index contributed by atoms with van der Waals surface area (Å²) < 4.78 is 9.29. The maximum Gasteiger partial charge on any atom is 0.297 e. The van der Waals surface area contributed by atoms with Crippen molar-refractivity contribution in [3.63, 3.8) is 0 Å². The van der Waals surface area contributed by atoms with Crippen LogP contribution in [-0.2, 0) is 7.05 Å². The van der Waals surface area contributed by atoms with Crippen molar-refractivity contribution in [2.45, 2.75) is 13.8 Å². The van der Waals surface area contributed by atoms with E-state index in [1.165, 1.54) is 0 Å². The first-order valence-corrected chi connectivity index (χ1v) is 9.26. The fourth-order valence-electron chi connectivity index (χ4n) is 2.78. The minimum atomic E-state index is -0.194. The molecule has 1 heterocycles. The van der Waals surface area contributed by atoms with Crippen LogP contribution in [0.1, 0.15) is 18.2 Å². The summed E-state index contributed by atoms with van der Waals surface area (Å²) in [5.41, 5.74) is 2.41. The lowest BCUT2D eigenvalue weighted by atomic mass is 10.2. The molecule has 0 saturated heterocycles. The van der Waals surface area contributed by atoms with E-state index in [4.69, 9.17) is 4.74 Å². The SMILES string of the molecule is CCOc1cc(C=Nc2c(C)n(C)n(-c3ccccc3)c2=O)cc(Br)c1O. The number of aliphatic imine (C=N–C) groups is 1. The van der Waals surface area contributed by atoms with Crippen molar-refractivity contribution in [2.24, 2.45) is 12.0 Å². The molecule has 0 spiro atoms. The lowest BCUT2D eigenvalue weighted by molar-refractivity contribution is 0.317. The monoisotopic (exact) mass is 429 g/mol. The van der Waals surface area contributed by atoms with Gasteiger partial charge in [0.25, 0.3) is 5.56 Å². The maximum atomic E-state index is 12.9. The van der Waals surface area contributed by atoms with E-state index in [2.05, 4.69) is 20.9 Å². The van der Waals surface area contributed by atoms with Crippen LogP contribution in [0.15, 0.2) is 56.7 Å². The molecule has 0 aliphatic heterocycles. The summed E-state index contributed by atoms with van der Waals surface area (Å²) in [5, 5.41) is 10.0. The van der Waals surface area contributed by atoms with Crippen molar-refractivity contribution in [3.05, 3.63) is 68.5 Å². The summed E-state index contributed by atoms with van der Waals surface area (Å²) in [7, 11) is 1.83. The van der Waals surface area contributed by atoms with E-state index in [9.17, 15) is 9.90 Å². The third-order valence-electron chi connectivity index (χ3n) is 4.22. The molecular weight excluding hydrogens is 410 g/mol. The number of phenolic OH excluding ortho intramolecular Hbond substituents is 1. The van der Waals surface area contributed by atoms with Crippen molar-refractivity contribution >= 4 is 27.8 Å². The molecule has 27 heavy (non-hydrogen) atoms. The second kappa shape index (κ2) is 7.84. The molecule has 0 aliphatic carbocycles. The Balaban J connectivity index is 2.03. The van der Waals surface area contributed by atoms with Crippen molar-refractivity contribution in [2.75, 3.05) is 6.61 Å². The van der Waals surface area contributed by atoms with Gasteiger partial charge in [-0.25, -0.2) is 9.67 Å². The van der Waals surface area contributed by atoms with Gasteiger partial charge in [0.2, 0.25) is 0 Å². The number of aromatic nitrogens is 2. The molecule has 0 fully saturated rings. The fourth-order valence-corrected chi connectivity index (χ4v) is 3.24. The topological polar surface area (TPSA) is 68.8 Å². The van der Waals surface area contributed by atoms with Gasteiger partial charge >= 0.3 is 0 Å². The molecule has 0 aliphatic rings. The molecule has 0 unspecified atom stereocenters. The molecular formula is C20H20BrN3O3. The molecule has 0 radical (unpaired) electrons. The average Bonchev–Trinajstić information content (AvgIpc) is 2.87. The Morgan fingerprint density at radius 2 is 1.96 bits per heavy atom. The van der Waals surface area contributed by atoms with Crippen LogP contribution in [0.2, 0.25) is 0 Å². The zero-order valence-corrected chi connectivity index (χ0v) is 16.9. The Morgan fingerprint density at radius 1 is 1.26 bits per heavy atom. The molecule has 0 saturated carbocycles. The maximum absolute atomic E-state index is 12.9. The number of ether oxygens (including phenoxy) is 1. The van der Waals surface area contributed by atoms with E-state index in [0.717, 1.165) is 11.4 Å². The van der Waals surface area contributed by atoms with Crippen molar-refractivity contribution in [3.8, 4) is 17.2 Å². The van der Waals surface area contributed by atoms with Gasteiger partial charge < -0.3 is 9.84 Å². The molecule has 6 nitrogen and oxygen atoms in total. The highest BCUT2D eigenvalue weighted by atomic mass is 79.9. The number of hydrogen-bond acceptors (Lipinski definition) is 4. The summed E-state index contributed by atoms with van der Waals surface area (Å²) in [6.45, 7) is 4.12. The van der Waals surface area contributed by atoms with E-state index in [-0.39, 0.29) is 11.3 Å². The zero-order chi connectivity index (χ0) is 19.6. The molecule has 3 rings (SSSR count). The molecule has 0 amide bonds. The third-order valence-corrected chi connectivity index (χ3v) is 4.82. The van der Waals surface area contributed by atoms with Gasteiger partial charge in [-0.2, -0.15) is 0 Å². The van der Waals surface area contributed by atoms with Crippen molar-refractivity contribution < 1.29 is 9.84 Å². The van der Waals surface area contributed by atoms with Crippen LogP contribution in [-0.4, -0.2) is 27.3 Å². The molecule has 1 aromatic heterocycles. The number of nitrogens with zero attached hydrogens (tertiary/aromatic N) is 3. The van der Waals surface area contributed by atoms with E-state index in [1.54, 1.807) is 27.7 Å². The van der Waals surface area contributed by atoms with Crippen LogP contribution in [0.4, 0.5) is 5.69 Å². The Morgan fingerprint density at radius 3 is 2.63 bits per heavy atom. The van der Waals surface area contributed by atoms with Gasteiger partial charge in [-0.15, -0.1) is 0 Å². The van der Waals surface area contributed by atoms with E-state index in [1.807, 2.05) is 51.2 Å². The van der Waals surface area contributed by atoms with Crippen LogP contribution in [0, 0.1) is 6.92 Å². The summed E-state index contributed by atoms with van der Waals surface area (Å²) >= 11 is 3.31. The Labute approximate surface area is 165 Å². The predicted molar refractivity (Wildman–Crippen MR) is 110 cm³/mol. The highest BCUT2D eigenvalue weighted by molar-refractivity contribution is 9.10.